The second-order valence-electron chi connectivity index (χ2n) is 5.33. The number of aliphatic hydroxyl groups excluding tert-OH is 1. The van der Waals surface area contributed by atoms with Crippen LogP contribution in [0.15, 0.2) is 0 Å². The van der Waals surface area contributed by atoms with Crippen molar-refractivity contribution in [2.24, 2.45) is 0 Å². The Labute approximate surface area is 111 Å². The van der Waals surface area contributed by atoms with Crippen LogP contribution in [0.4, 0.5) is 0 Å². The molecule has 2 saturated heterocycles. The maximum absolute atomic E-state index is 10.7. The van der Waals surface area contributed by atoms with Crippen molar-refractivity contribution in [1.29, 1.82) is 0 Å². The van der Waals surface area contributed by atoms with Crippen LogP contribution in [-0.4, -0.2) is 75.1 Å². The highest BCUT2D eigenvalue weighted by atomic mass is 32.2. The Hall–Kier alpha value is -0.0500. The minimum Gasteiger partial charge on any atom is -0.760 e. The molecular weight excluding hydrogens is 254 g/mol. The van der Waals surface area contributed by atoms with E-state index in [1.807, 2.05) is 7.05 Å². The van der Waals surface area contributed by atoms with Gasteiger partial charge in [-0.05, 0) is 33.0 Å². The number of piperidine rings is 2. The average Bonchev–Trinajstić information content (AvgIpc) is 2.34. The average molecular weight is 276 g/mol. The van der Waals surface area contributed by atoms with Crippen molar-refractivity contribution >= 4 is 11.3 Å². The van der Waals surface area contributed by atoms with Gasteiger partial charge in [-0.2, -0.15) is 0 Å². The van der Waals surface area contributed by atoms with E-state index in [4.69, 9.17) is 0 Å². The molecule has 7 heteroatoms. The first-order chi connectivity index (χ1) is 8.58. The second-order valence-corrected chi connectivity index (χ2v) is 6.04. The third-order valence-electron chi connectivity index (χ3n) is 3.92. The summed E-state index contributed by atoms with van der Waals surface area (Å²) >= 11 is -2.32. The summed E-state index contributed by atoms with van der Waals surface area (Å²) in [6, 6.07) is -0.376. The first kappa shape index (κ1) is 14.4. The minimum absolute atomic E-state index is 0.0325. The van der Waals surface area contributed by atoms with Gasteiger partial charge in [-0.1, -0.05) is 6.42 Å². The summed E-state index contributed by atoms with van der Waals surface area (Å²) in [7, 11) is 1.96. The molecule has 6 nitrogen and oxygen atoms in total. The summed E-state index contributed by atoms with van der Waals surface area (Å²) in [4.78, 5) is 4.38. The zero-order valence-electron chi connectivity index (χ0n) is 10.7. The largest absolute Gasteiger partial charge is 0.760 e. The molecule has 0 saturated carbocycles. The molecule has 2 rings (SSSR count). The third kappa shape index (κ3) is 3.49. The number of nitrogens with one attached hydrogen (secondary N) is 1. The number of hydrogen-bond donors (Lipinski definition) is 2. The zero-order chi connectivity index (χ0) is 13.1. The van der Waals surface area contributed by atoms with E-state index in [1.54, 1.807) is 0 Å². The molecule has 1 unspecified atom stereocenters. The molecule has 18 heavy (non-hydrogen) atoms. The van der Waals surface area contributed by atoms with Gasteiger partial charge in [0.05, 0.1) is 12.1 Å². The highest BCUT2D eigenvalue weighted by Crippen LogP contribution is 2.20. The quantitative estimate of drug-likeness (QED) is 0.640. The van der Waals surface area contributed by atoms with Gasteiger partial charge in [0.25, 0.3) is 0 Å². The van der Waals surface area contributed by atoms with Crippen molar-refractivity contribution in [3.05, 3.63) is 0 Å². The van der Waals surface area contributed by atoms with Gasteiger partial charge in [0.1, 0.15) is 0 Å². The van der Waals surface area contributed by atoms with E-state index in [0.29, 0.717) is 6.54 Å². The molecule has 2 aliphatic heterocycles. The normalized spacial score (nSPS) is 37.6. The fraction of sp³-hybridized carbons (Fsp3) is 1.00. The van der Waals surface area contributed by atoms with E-state index in [-0.39, 0.29) is 6.04 Å². The Kier molecular flexibility index (Phi) is 5.11. The molecule has 0 bridgehead atoms. The summed E-state index contributed by atoms with van der Waals surface area (Å²) in [5, 5.41) is 10.3. The van der Waals surface area contributed by atoms with Gasteiger partial charge < -0.3 is 14.6 Å². The monoisotopic (exact) mass is 276 g/mol. The molecule has 0 spiro atoms. The molecule has 0 amide bonds. The Bertz CT molecular complexity index is 299. The van der Waals surface area contributed by atoms with E-state index in [9.17, 15) is 13.9 Å². The molecule has 0 aromatic carbocycles. The number of hydrogen-bond acceptors (Lipinski definition) is 5. The molecule has 2 heterocycles. The van der Waals surface area contributed by atoms with Crippen molar-refractivity contribution in [2.75, 3.05) is 33.2 Å². The van der Waals surface area contributed by atoms with Crippen molar-refractivity contribution in [2.45, 2.75) is 37.5 Å². The highest BCUT2D eigenvalue weighted by Gasteiger charge is 2.37. The number of likely N-dealkylation sites (N-methyl/N-ethyl adjacent to an activating group) is 1. The van der Waals surface area contributed by atoms with Gasteiger partial charge in [0.2, 0.25) is 0 Å². The van der Waals surface area contributed by atoms with Gasteiger partial charge in [0, 0.05) is 30.4 Å². The molecule has 0 aliphatic carbocycles. The molecule has 2 aliphatic rings. The molecule has 106 valence electrons. The second kappa shape index (κ2) is 6.40. The molecule has 2 N–H and O–H groups in total. The third-order valence-corrected chi connectivity index (χ3v) is 4.42. The van der Waals surface area contributed by atoms with Gasteiger partial charge in [0.15, 0.2) is 0 Å². The topological polar surface area (TPSA) is 78.9 Å². The molecule has 0 aromatic rings. The van der Waals surface area contributed by atoms with Crippen molar-refractivity contribution in [3.8, 4) is 0 Å². The fourth-order valence-electron chi connectivity index (χ4n) is 3.03. The van der Waals surface area contributed by atoms with Crippen molar-refractivity contribution < 1.29 is 13.9 Å². The van der Waals surface area contributed by atoms with E-state index in [1.165, 1.54) is 19.3 Å². The van der Waals surface area contributed by atoms with Crippen LogP contribution in [0.1, 0.15) is 19.3 Å². The van der Waals surface area contributed by atoms with Crippen LogP contribution in [0.25, 0.3) is 0 Å². The maximum Gasteiger partial charge on any atom is 0.0882 e. The number of rotatable bonds is 3. The summed E-state index contributed by atoms with van der Waals surface area (Å²) in [6.07, 6.45) is 2.95. The van der Waals surface area contributed by atoms with Gasteiger partial charge in [-0.15, -0.1) is 0 Å². The lowest BCUT2D eigenvalue weighted by atomic mass is 9.95. The first-order valence-corrected chi connectivity index (χ1v) is 7.61. The number of nitrogens with zero attached hydrogens (tertiary/aromatic N) is 2. The summed E-state index contributed by atoms with van der Waals surface area (Å²) in [5.41, 5.74) is 0. The van der Waals surface area contributed by atoms with Crippen LogP contribution < -0.4 is 4.72 Å². The molecule has 0 radical (unpaired) electrons. The summed E-state index contributed by atoms with van der Waals surface area (Å²) < 4.78 is 23.9. The van der Waals surface area contributed by atoms with E-state index < -0.39 is 23.4 Å². The van der Waals surface area contributed by atoms with Crippen LogP contribution in [0, 0.1) is 0 Å². The molecule has 2 fully saturated rings. The maximum atomic E-state index is 10.7. The first-order valence-electron chi connectivity index (χ1n) is 6.54. The smallest absolute Gasteiger partial charge is 0.0882 e. The Morgan fingerprint density at radius 3 is 2.56 bits per heavy atom. The number of aliphatic hydroxyl groups is 1. The SMILES string of the molecule is CN1C[C@H](NS(=O)[O-])[C@@H](O)[C@H](N2CCCCC2)C1. The van der Waals surface area contributed by atoms with Crippen molar-refractivity contribution in [3.63, 3.8) is 0 Å². The molecule has 4 atom stereocenters. The van der Waals surface area contributed by atoms with Gasteiger partial charge in [-0.3, -0.25) is 9.11 Å². The van der Waals surface area contributed by atoms with Crippen LogP contribution in [0.2, 0.25) is 0 Å². The van der Waals surface area contributed by atoms with Crippen LogP contribution in [-0.2, 0) is 11.3 Å². The van der Waals surface area contributed by atoms with E-state index in [2.05, 4.69) is 14.5 Å². The summed E-state index contributed by atoms with van der Waals surface area (Å²) in [5.74, 6) is 0. The Morgan fingerprint density at radius 2 is 1.94 bits per heavy atom. The van der Waals surface area contributed by atoms with Crippen LogP contribution in [0.5, 0.6) is 0 Å². The molecule has 0 aromatic heterocycles. The Morgan fingerprint density at radius 1 is 1.28 bits per heavy atom. The standard InChI is InChI=1S/C11H23N3O3S/c1-13-7-9(12-18(16)17)11(15)10(8-13)14-5-3-2-4-6-14/h9-12,15H,2-8H2,1H3,(H,16,17)/p-1/t9-,10+,11+/m0/s1. The van der Waals surface area contributed by atoms with Crippen LogP contribution in [0.3, 0.4) is 0 Å². The van der Waals surface area contributed by atoms with E-state index >= 15 is 0 Å². The lowest BCUT2D eigenvalue weighted by Crippen LogP contribution is -2.64. The number of likely N-dealkylation sites (tertiary alicyclic amines) is 2. The van der Waals surface area contributed by atoms with Gasteiger partial charge in [-0.25, -0.2) is 4.72 Å². The highest BCUT2D eigenvalue weighted by molar-refractivity contribution is 7.77. The lowest BCUT2D eigenvalue weighted by Gasteiger charge is -2.46. The fourth-order valence-corrected chi connectivity index (χ4v) is 3.49. The van der Waals surface area contributed by atoms with Crippen molar-refractivity contribution in [1.82, 2.24) is 14.5 Å². The van der Waals surface area contributed by atoms with Gasteiger partial charge >= 0.3 is 0 Å². The van der Waals surface area contributed by atoms with Crippen LogP contribution >= 0.6 is 0 Å². The predicted molar refractivity (Wildman–Crippen MR) is 68.6 cm³/mol. The Balaban J connectivity index is 2.01. The predicted octanol–water partition coefficient (Wildman–Crippen LogP) is -1.10. The summed E-state index contributed by atoms with van der Waals surface area (Å²) in [6.45, 7) is 3.36. The lowest BCUT2D eigenvalue weighted by molar-refractivity contribution is -0.0277. The van der Waals surface area contributed by atoms with E-state index in [0.717, 1.165) is 19.6 Å². The zero-order valence-corrected chi connectivity index (χ0v) is 11.6. The molecular formula is C11H22N3O3S-. The minimum atomic E-state index is -2.32.